The first-order valence-corrected chi connectivity index (χ1v) is 12.7. The van der Waals surface area contributed by atoms with Crippen LogP contribution in [0.4, 0.5) is 5.13 Å². The number of rotatable bonds is 9. The minimum Gasteiger partial charge on any atom is -0.494 e. The molecule has 3 rings (SSSR count). The average Bonchev–Trinajstić information content (AvgIpc) is 3.12. The summed E-state index contributed by atoms with van der Waals surface area (Å²) in [4.78, 5) is 21.6. The highest BCUT2D eigenvalue weighted by atomic mass is 35.5. The van der Waals surface area contributed by atoms with Crippen molar-refractivity contribution in [2.24, 2.45) is 0 Å². The molecule has 0 spiro atoms. The molecule has 0 aliphatic rings. The Morgan fingerprint density at radius 2 is 1.78 bits per heavy atom. The summed E-state index contributed by atoms with van der Waals surface area (Å²) in [6.45, 7) is 3.62. The number of aromatic nitrogens is 1. The molecule has 1 amide bonds. The van der Waals surface area contributed by atoms with Crippen LogP contribution < -0.4 is 9.64 Å². The SMILES string of the molecule is CCOc1ccc(CC(=O)N(CCN(C)C)c2nc3c(S(C)(=O)=O)cccc3s2)cc1.Cl. The lowest BCUT2D eigenvalue weighted by Crippen LogP contribution is -2.37. The summed E-state index contributed by atoms with van der Waals surface area (Å²) in [7, 11) is 0.455. The number of anilines is 1. The van der Waals surface area contributed by atoms with Crippen LogP contribution in [0.2, 0.25) is 0 Å². The number of sulfone groups is 1. The molecule has 0 bridgehead atoms. The summed E-state index contributed by atoms with van der Waals surface area (Å²) >= 11 is 1.33. The number of ether oxygens (including phenoxy) is 1. The Morgan fingerprint density at radius 1 is 1.09 bits per heavy atom. The van der Waals surface area contributed by atoms with Gasteiger partial charge in [-0.2, -0.15) is 0 Å². The normalized spacial score (nSPS) is 11.4. The fourth-order valence-corrected chi connectivity index (χ4v) is 5.03. The first-order chi connectivity index (χ1) is 14.7. The van der Waals surface area contributed by atoms with E-state index in [2.05, 4.69) is 4.98 Å². The molecule has 174 valence electrons. The Balaban J connectivity index is 0.00000363. The van der Waals surface area contributed by atoms with Crippen molar-refractivity contribution in [3.8, 4) is 5.75 Å². The van der Waals surface area contributed by atoms with Gasteiger partial charge in [-0.05, 0) is 50.8 Å². The molecule has 10 heteroatoms. The second-order valence-corrected chi connectivity index (χ2v) is 10.5. The number of likely N-dealkylation sites (N-methyl/N-ethyl adjacent to an activating group) is 1. The molecule has 0 aliphatic carbocycles. The summed E-state index contributed by atoms with van der Waals surface area (Å²) in [6.07, 6.45) is 1.39. The second kappa shape index (κ2) is 11.1. The van der Waals surface area contributed by atoms with Crippen molar-refractivity contribution in [1.82, 2.24) is 9.88 Å². The largest absolute Gasteiger partial charge is 0.494 e. The molecule has 3 aromatic rings. The molecule has 0 aliphatic heterocycles. The molecule has 0 radical (unpaired) electrons. The van der Waals surface area contributed by atoms with Crippen molar-refractivity contribution in [1.29, 1.82) is 0 Å². The predicted molar refractivity (Wildman–Crippen MR) is 132 cm³/mol. The predicted octanol–water partition coefficient (Wildman–Crippen LogP) is 3.66. The molecule has 32 heavy (non-hydrogen) atoms. The van der Waals surface area contributed by atoms with Crippen LogP contribution in [-0.2, 0) is 21.1 Å². The molecule has 1 heterocycles. The number of halogens is 1. The van der Waals surface area contributed by atoms with E-state index >= 15 is 0 Å². The van der Waals surface area contributed by atoms with Gasteiger partial charge in [-0.25, -0.2) is 13.4 Å². The third-order valence-corrected chi connectivity index (χ3v) is 6.83. The van der Waals surface area contributed by atoms with Gasteiger partial charge >= 0.3 is 0 Å². The average molecular weight is 498 g/mol. The molecule has 0 fully saturated rings. The number of hydrogen-bond acceptors (Lipinski definition) is 7. The fourth-order valence-electron chi connectivity index (χ4n) is 3.09. The van der Waals surface area contributed by atoms with Gasteiger partial charge in [-0.1, -0.05) is 29.5 Å². The zero-order chi connectivity index (χ0) is 22.6. The van der Waals surface area contributed by atoms with Crippen molar-refractivity contribution in [2.75, 3.05) is 44.9 Å². The zero-order valence-electron chi connectivity index (χ0n) is 18.6. The maximum atomic E-state index is 13.2. The zero-order valence-corrected chi connectivity index (χ0v) is 21.0. The van der Waals surface area contributed by atoms with Crippen molar-refractivity contribution in [2.45, 2.75) is 18.2 Å². The Kier molecular flexibility index (Phi) is 9.03. The summed E-state index contributed by atoms with van der Waals surface area (Å²) in [5, 5.41) is 0.504. The molecular formula is C22H28ClN3O4S2. The monoisotopic (exact) mass is 497 g/mol. The van der Waals surface area contributed by atoms with Crippen LogP contribution in [0.1, 0.15) is 12.5 Å². The minimum atomic E-state index is -3.42. The molecule has 1 aromatic heterocycles. The Labute approximate surface area is 199 Å². The number of carbonyl (C=O) groups is 1. The lowest BCUT2D eigenvalue weighted by Gasteiger charge is -2.22. The van der Waals surface area contributed by atoms with Crippen LogP contribution in [-0.4, -0.2) is 64.3 Å². The van der Waals surface area contributed by atoms with E-state index in [1.807, 2.05) is 56.3 Å². The van der Waals surface area contributed by atoms with E-state index in [0.29, 0.717) is 30.3 Å². The van der Waals surface area contributed by atoms with Crippen LogP contribution in [0, 0.1) is 0 Å². The molecule has 0 saturated heterocycles. The molecule has 0 unspecified atom stereocenters. The highest BCUT2D eigenvalue weighted by Crippen LogP contribution is 2.33. The topological polar surface area (TPSA) is 79.8 Å². The van der Waals surface area contributed by atoms with E-state index in [1.54, 1.807) is 17.0 Å². The van der Waals surface area contributed by atoms with Crippen LogP contribution in [0.5, 0.6) is 5.75 Å². The van der Waals surface area contributed by atoms with Crippen LogP contribution in [0.25, 0.3) is 10.2 Å². The number of benzene rings is 2. The van der Waals surface area contributed by atoms with Gasteiger partial charge in [-0.15, -0.1) is 12.4 Å². The summed E-state index contributed by atoms with van der Waals surface area (Å²) in [6, 6.07) is 12.5. The van der Waals surface area contributed by atoms with Gasteiger partial charge in [0.2, 0.25) is 5.91 Å². The molecular weight excluding hydrogens is 470 g/mol. The molecule has 7 nitrogen and oxygen atoms in total. The number of hydrogen-bond donors (Lipinski definition) is 0. The van der Waals surface area contributed by atoms with Gasteiger partial charge in [0.05, 0.1) is 22.6 Å². The van der Waals surface area contributed by atoms with Gasteiger partial charge in [-0.3, -0.25) is 9.69 Å². The first kappa shape index (κ1) is 26.1. The van der Waals surface area contributed by atoms with E-state index in [4.69, 9.17) is 4.74 Å². The van der Waals surface area contributed by atoms with E-state index in [0.717, 1.165) is 16.0 Å². The highest BCUT2D eigenvalue weighted by Gasteiger charge is 2.22. The van der Waals surface area contributed by atoms with Gasteiger partial charge in [0, 0.05) is 19.3 Å². The molecule has 2 aromatic carbocycles. The second-order valence-electron chi connectivity index (χ2n) is 7.47. The van der Waals surface area contributed by atoms with Gasteiger partial charge < -0.3 is 9.64 Å². The third-order valence-electron chi connectivity index (χ3n) is 4.66. The number of nitrogens with zero attached hydrogens (tertiary/aromatic N) is 3. The number of thiazole rings is 1. The lowest BCUT2D eigenvalue weighted by atomic mass is 10.1. The van der Waals surface area contributed by atoms with E-state index in [1.165, 1.54) is 17.6 Å². The Bertz CT molecular complexity index is 1160. The van der Waals surface area contributed by atoms with Crippen molar-refractivity contribution in [3.05, 3.63) is 48.0 Å². The van der Waals surface area contributed by atoms with Gasteiger partial charge in [0.15, 0.2) is 15.0 Å². The Morgan fingerprint density at radius 3 is 2.38 bits per heavy atom. The maximum Gasteiger partial charge on any atom is 0.233 e. The van der Waals surface area contributed by atoms with Gasteiger partial charge in [0.1, 0.15) is 11.3 Å². The van der Waals surface area contributed by atoms with E-state index < -0.39 is 9.84 Å². The van der Waals surface area contributed by atoms with Crippen molar-refractivity contribution in [3.63, 3.8) is 0 Å². The number of fused-ring (bicyclic) bond motifs is 1. The summed E-state index contributed by atoms with van der Waals surface area (Å²) < 4.78 is 30.5. The van der Waals surface area contributed by atoms with Crippen LogP contribution in [0.15, 0.2) is 47.4 Å². The summed E-state index contributed by atoms with van der Waals surface area (Å²) in [5.41, 5.74) is 1.29. The Hall–Kier alpha value is -2.20. The van der Waals surface area contributed by atoms with Crippen molar-refractivity contribution >= 4 is 54.8 Å². The quantitative estimate of drug-likeness (QED) is 0.449. The molecule has 0 saturated carbocycles. The molecule has 0 N–H and O–H groups in total. The summed E-state index contributed by atoms with van der Waals surface area (Å²) in [5.74, 6) is 0.675. The minimum absolute atomic E-state index is 0. The third kappa shape index (κ3) is 6.41. The number of amides is 1. The van der Waals surface area contributed by atoms with Crippen molar-refractivity contribution < 1.29 is 17.9 Å². The van der Waals surface area contributed by atoms with E-state index in [-0.39, 0.29) is 29.6 Å². The van der Waals surface area contributed by atoms with Crippen LogP contribution in [0.3, 0.4) is 0 Å². The first-order valence-electron chi connectivity index (χ1n) is 9.95. The number of para-hydroxylation sites is 1. The van der Waals surface area contributed by atoms with Gasteiger partial charge in [0.25, 0.3) is 0 Å². The standard InChI is InChI=1S/C22H27N3O4S2.ClH/c1-5-29-17-11-9-16(10-12-17)15-20(26)25(14-13-24(2)3)22-23-21-18(30-22)7-6-8-19(21)31(4,27)28;/h6-12H,5,13-15H2,1-4H3;1H. The lowest BCUT2D eigenvalue weighted by molar-refractivity contribution is -0.118. The highest BCUT2D eigenvalue weighted by molar-refractivity contribution is 7.91. The maximum absolute atomic E-state index is 13.2. The van der Waals surface area contributed by atoms with Crippen LogP contribution >= 0.6 is 23.7 Å². The number of carbonyl (C=O) groups excluding carboxylic acids is 1. The fraction of sp³-hybridized carbons (Fsp3) is 0.364. The van der Waals surface area contributed by atoms with E-state index in [9.17, 15) is 13.2 Å². The molecule has 0 atom stereocenters. The smallest absolute Gasteiger partial charge is 0.233 e.